The first-order valence-corrected chi connectivity index (χ1v) is 12.4. The summed E-state index contributed by atoms with van der Waals surface area (Å²) in [5, 5.41) is 8.99. The fourth-order valence-electron chi connectivity index (χ4n) is 3.73. The van der Waals surface area contributed by atoms with Crippen LogP contribution in [-0.2, 0) is 24.2 Å². The van der Waals surface area contributed by atoms with Crippen molar-refractivity contribution in [2.24, 2.45) is 0 Å². The minimum Gasteiger partial charge on any atom is -0.345 e. The maximum Gasteiger partial charge on any atom is 0.246 e. The van der Waals surface area contributed by atoms with E-state index in [1.807, 2.05) is 30.3 Å². The van der Waals surface area contributed by atoms with Gasteiger partial charge < -0.3 is 4.90 Å². The molecule has 3 rings (SSSR count). The largest absolute Gasteiger partial charge is 0.345 e. The van der Waals surface area contributed by atoms with E-state index < -0.39 is 20.5 Å². The number of hydrogen-bond donors (Lipinski definition) is 2. The molecular formula is C22H26N2O5S2. The molecule has 1 saturated heterocycles. The van der Waals surface area contributed by atoms with Gasteiger partial charge in [-0.05, 0) is 42.2 Å². The molecule has 1 aromatic heterocycles. The molecule has 2 amide bonds. The lowest BCUT2D eigenvalue weighted by molar-refractivity contribution is -0.130. The van der Waals surface area contributed by atoms with Gasteiger partial charge in [-0.25, -0.2) is 13.9 Å². The monoisotopic (exact) mass is 462 g/mol. The van der Waals surface area contributed by atoms with Gasteiger partial charge in [0.15, 0.2) is 9.84 Å². The topological polar surface area (TPSA) is 104 Å². The minimum absolute atomic E-state index is 0.0334. The number of nitrogens with one attached hydrogen (secondary N) is 1. The molecule has 2 heterocycles. The Labute approximate surface area is 186 Å². The van der Waals surface area contributed by atoms with Crippen LogP contribution < -0.4 is 5.48 Å². The van der Waals surface area contributed by atoms with Gasteiger partial charge in [-0.2, -0.15) is 0 Å². The normalized spacial score (nSPS) is 20.5. The zero-order valence-corrected chi connectivity index (χ0v) is 19.1. The number of amides is 2. The molecule has 7 nitrogen and oxygen atoms in total. The van der Waals surface area contributed by atoms with E-state index in [2.05, 4.69) is 0 Å². The number of rotatable bonds is 6. The zero-order chi connectivity index (χ0) is 22.6. The number of hydroxylamine groups is 1. The molecule has 0 aliphatic carbocycles. The Morgan fingerprint density at radius 2 is 1.87 bits per heavy atom. The number of carbonyl (C=O) groups excluding carboxylic acids is 2. The van der Waals surface area contributed by atoms with Crippen molar-refractivity contribution < 1.29 is 23.2 Å². The molecule has 1 fully saturated rings. The maximum absolute atomic E-state index is 13.0. The molecule has 2 aromatic rings. The van der Waals surface area contributed by atoms with Gasteiger partial charge >= 0.3 is 0 Å². The molecule has 1 aromatic carbocycles. The highest BCUT2D eigenvalue weighted by Gasteiger charge is 2.49. The molecule has 2 N–H and O–H groups in total. The summed E-state index contributed by atoms with van der Waals surface area (Å²) >= 11 is 1.35. The van der Waals surface area contributed by atoms with E-state index in [1.54, 1.807) is 31.7 Å². The Kier molecular flexibility index (Phi) is 6.98. The summed E-state index contributed by atoms with van der Waals surface area (Å²) in [7, 11) is -0.172. The Morgan fingerprint density at radius 1 is 1.16 bits per heavy atom. The van der Waals surface area contributed by atoms with Crippen molar-refractivity contribution >= 4 is 39.1 Å². The van der Waals surface area contributed by atoms with E-state index in [9.17, 15) is 18.0 Å². The fraction of sp³-hybridized carbons (Fsp3) is 0.364. The Morgan fingerprint density at radius 3 is 2.48 bits per heavy atom. The molecule has 0 radical (unpaired) electrons. The van der Waals surface area contributed by atoms with E-state index in [1.165, 1.54) is 22.3 Å². The smallest absolute Gasteiger partial charge is 0.246 e. The van der Waals surface area contributed by atoms with E-state index in [0.29, 0.717) is 24.1 Å². The Hall–Kier alpha value is -2.49. The second-order valence-corrected chi connectivity index (χ2v) is 11.3. The van der Waals surface area contributed by atoms with Gasteiger partial charge in [-0.3, -0.25) is 14.8 Å². The van der Waals surface area contributed by atoms with Crippen LogP contribution in [0.1, 0.15) is 36.1 Å². The number of carbonyl (C=O) groups is 2. The quantitative estimate of drug-likeness (QED) is 0.390. The second-order valence-electron chi connectivity index (χ2n) is 7.83. The van der Waals surface area contributed by atoms with Crippen molar-refractivity contribution in [3.05, 3.63) is 52.9 Å². The van der Waals surface area contributed by atoms with Crippen LogP contribution in [0.2, 0.25) is 0 Å². The molecule has 0 bridgehead atoms. The summed E-state index contributed by atoms with van der Waals surface area (Å²) in [5.74, 6) is -0.771. The van der Waals surface area contributed by atoms with Gasteiger partial charge in [0.25, 0.3) is 0 Å². The third kappa shape index (κ3) is 4.89. The number of likely N-dealkylation sites (N-methyl/N-ethyl adjacent to an activating group) is 1. The van der Waals surface area contributed by atoms with Crippen molar-refractivity contribution in [3.63, 3.8) is 0 Å². The minimum atomic E-state index is -3.55. The van der Waals surface area contributed by atoms with Gasteiger partial charge in [0, 0.05) is 29.9 Å². The van der Waals surface area contributed by atoms with Crippen molar-refractivity contribution in [1.29, 1.82) is 0 Å². The van der Waals surface area contributed by atoms with E-state index in [-0.39, 0.29) is 18.1 Å². The standard InChI is InChI=1S/C22H26N2O5S2/c1-24(2)21(26)12-7-16-5-8-17(9-6-16)18-10-11-19(30-18)22(15-20(25)23-27)13-3-4-14-31(22,28)29/h5-12,27H,3-4,13-15H2,1-2H3,(H,23,25)/b12-7+/t22-/m0/s1. The van der Waals surface area contributed by atoms with Gasteiger partial charge in [-0.1, -0.05) is 30.7 Å². The number of sulfone groups is 1. The predicted octanol–water partition coefficient (Wildman–Crippen LogP) is 3.21. The molecule has 166 valence electrons. The van der Waals surface area contributed by atoms with Crippen LogP contribution in [0.4, 0.5) is 0 Å². The lowest BCUT2D eigenvalue weighted by Crippen LogP contribution is -2.43. The highest BCUT2D eigenvalue weighted by Crippen LogP contribution is 2.47. The number of nitrogens with zero attached hydrogens (tertiary/aromatic N) is 1. The average Bonchev–Trinajstić information content (AvgIpc) is 3.24. The van der Waals surface area contributed by atoms with Crippen LogP contribution in [0.15, 0.2) is 42.5 Å². The van der Waals surface area contributed by atoms with Crippen molar-refractivity contribution in [2.45, 2.75) is 30.4 Å². The van der Waals surface area contributed by atoms with Crippen LogP contribution in [0.3, 0.4) is 0 Å². The molecule has 0 spiro atoms. The first-order valence-electron chi connectivity index (χ1n) is 9.94. The van der Waals surface area contributed by atoms with Crippen LogP contribution in [0.25, 0.3) is 16.5 Å². The molecule has 1 aliphatic heterocycles. The Bertz CT molecular complexity index is 1090. The van der Waals surface area contributed by atoms with Crippen molar-refractivity contribution in [2.75, 3.05) is 19.8 Å². The van der Waals surface area contributed by atoms with Gasteiger partial charge in [0.05, 0.1) is 12.2 Å². The molecule has 1 atom stereocenters. The number of benzene rings is 1. The summed E-state index contributed by atoms with van der Waals surface area (Å²) < 4.78 is 24.7. The summed E-state index contributed by atoms with van der Waals surface area (Å²) in [6, 6.07) is 11.2. The SMILES string of the molecule is CN(C)C(=O)/C=C/c1ccc(-c2ccc([C@@]3(CC(=O)NO)CCCCS3(=O)=O)s2)cc1. The first kappa shape index (κ1) is 23.2. The van der Waals surface area contributed by atoms with Crippen LogP contribution in [0, 0.1) is 0 Å². The zero-order valence-electron chi connectivity index (χ0n) is 17.5. The van der Waals surface area contributed by atoms with E-state index in [0.717, 1.165) is 16.0 Å². The van der Waals surface area contributed by atoms with Gasteiger partial charge in [0.1, 0.15) is 4.75 Å². The lowest BCUT2D eigenvalue weighted by atomic mass is 9.94. The highest BCUT2D eigenvalue weighted by molar-refractivity contribution is 7.92. The predicted molar refractivity (Wildman–Crippen MR) is 121 cm³/mol. The van der Waals surface area contributed by atoms with E-state index in [4.69, 9.17) is 5.21 Å². The van der Waals surface area contributed by atoms with Crippen molar-refractivity contribution in [1.82, 2.24) is 10.4 Å². The van der Waals surface area contributed by atoms with Gasteiger partial charge in [-0.15, -0.1) is 11.3 Å². The summed E-state index contributed by atoms with van der Waals surface area (Å²) in [6.07, 6.45) is 4.58. The van der Waals surface area contributed by atoms with Crippen LogP contribution in [-0.4, -0.2) is 50.2 Å². The summed E-state index contributed by atoms with van der Waals surface area (Å²) in [5.41, 5.74) is 3.38. The van der Waals surface area contributed by atoms with Gasteiger partial charge in [0.2, 0.25) is 11.8 Å². The number of hydrogen-bond acceptors (Lipinski definition) is 6. The van der Waals surface area contributed by atoms with Crippen LogP contribution >= 0.6 is 11.3 Å². The second kappa shape index (κ2) is 9.33. The average molecular weight is 463 g/mol. The molecule has 0 unspecified atom stereocenters. The third-order valence-corrected chi connectivity index (χ3v) is 9.57. The molecule has 9 heteroatoms. The first-order chi connectivity index (χ1) is 14.7. The fourth-order valence-corrected chi connectivity index (χ4v) is 7.51. The highest BCUT2D eigenvalue weighted by atomic mass is 32.2. The molecule has 1 aliphatic rings. The summed E-state index contributed by atoms with van der Waals surface area (Å²) in [4.78, 5) is 26.6. The third-order valence-electron chi connectivity index (χ3n) is 5.52. The molecule has 31 heavy (non-hydrogen) atoms. The van der Waals surface area contributed by atoms with E-state index >= 15 is 0 Å². The maximum atomic E-state index is 13.0. The number of thiophene rings is 1. The molecule has 0 saturated carbocycles. The Balaban J connectivity index is 1.90. The molecular weight excluding hydrogens is 436 g/mol. The van der Waals surface area contributed by atoms with Crippen molar-refractivity contribution in [3.8, 4) is 10.4 Å². The lowest BCUT2D eigenvalue weighted by Gasteiger charge is -2.35. The van der Waals surface area contributed by atoms with Crippen LogP contribution in [0.5, 0.6) is 0 Å². The summed E-state index contributed by atoms with van der Waals surface area (Å²) in [6.45, 7) is 0.